The minimum absolute atomic E-state index is 0.0166. The second kappa shape index (κ2) is 6.34. The Morgan fingerprint density at radius 1 is 1.18 bits per heavy atom. The summed E-state index contributed by atoms with van der Waals surface area (Å²) in [6.07, 6.45) is 0.703. The average Bonchev–Trinajstić information content (AvgIpc) is 3.04. The average molecular weight is 300 g/mol. The molecule has 2 heterocycles. The Morgan fingerprint density at radius 3 is 2.59 bits per heavy atom. The van der Waals surface area contributed by atoms with E-state index in [0.717, 1.165) is 43.0 Å². The van der Waals surface area contributed by atoms with Gasteiger partial charge in [0.05, 0.1) is 6.61 Å². The Bertz CT molecular complexity index is 658. The van der Waals surface area contributed by atoms with Crippen molar-refractivity contribution in [1.82, 2.24) is 4.90 Å². The molecular formula is C17H20N2O3. The fourth-order valence-electron chi connectivity index (χ4n) is 2.76. The maximum absolute atomic E-state index is 10.8. The zero-order chi connectivity index (χ0) is 15.5. The van der Waals surface area contributed by atoms with Crippen molar-refractivity contribution >= 4 is 12.0 Å². The lowest BCUT2D eigenvalue weighted by atomic mass is 10.0. The number of aldehydes is 1. The minimum Gasteiger partial charge on any atom is -0.453 e. The molecule has 0 amide bonds. The molecule has 5 nitrogen and oxygen atoms in total. The first kappa shape index (κ1) is 14.8. The molecule has 0 unspecified atom stereocenters. The van der Waals surface area contributed by atoms with Crippen molar-refractivity contribution in [3.05, 3.63) is 41.7 Å². The zero-order valence-corrected chi connectivity index (χ0v) is 12.7. The number of anilines is 1. The third-order valence-electron chi connectivity index (χ3n) is 4.10. The van der Waals surface area contributed by atoms with Gasteiger partial charge in [0.15, 0.2) is 12.0 Å². The highest BCUT2D eigenvalue weighted by Gasteiger charge is 2.19. The lowest BCUT2D eigenvalue weighted by molar-refractivity contribution is 0.110. The van der Waals surface area contributed by atoms with Crippen LogP contribution in [-0.4, -0.2) is 49.5 Å². The first-order valence-corrected chi connectivity index (χ1v) is 7.44. The molecule has 0 bridgehead atoms. The molecule has 1 fully saturated rings. The number of nitrogens with zero attached hydrogens (tertiary/aromatic N) is 2. The van der Waals surface area contributed by atoms with Gasteiger partial charge in [-0.1, -0.05) is 6.07 Å². The molecule has 5 heteroatoms. The predicted octanol–water partition coefficient (Wildman–Crippen LogP) is 2.00. The van der Waals surface area contributed by atoms with Gasteiger partial charge in [-0.05, 0) is 36.9 Å². The number of piperazine rings is 1. The van der Waals surface area contributed by atoms with Crippen LogP contribution in [0.1, 0.15) is 16.1 Å². The quantitative estimate of drug-likeness (QED) is 0.875. The first-order chi connectivity index (χ1) is 10.7. The summed E-state index contributed by atoms with van der Waals surface area (Å²) in [4.78, 5) is 15.5. The number of carbonyl (C=O) groups excluding carboxylic acids is 1. The summed E-state index contributed by atoms with van der Waals surface area (Å²) in [5, 5.41) is 9.39. The van der Waals surface area contributed by atoms with Gasteiger partial charge in [-0.25, -0.2) is 0 Å². The molecule has 1 aliphatic heterocycles. The lowest BCUT2D eigenvalue weighted by Crippen LogP contribution is -2.44. The van der Waals surface area contributed by atoms with E-state index in [9.17, 15) is 9.90 Å². The number of hydrogen-bond acceptors (Lipinski definition) is 5. The van der Waals surface area contributed by atoms with Gasteiger partial charge in [-0.2, -0.15) is 0 Å². The van der Waals surface area contributed by atoms with Crippen LogP contribution in [0.2, 0.25) is 0 Å². The summed E-state index contributed by atoms with van der Waals surface area (Å²) in [5.74, 6) is 0.972. The normalized spacial score (nSPS) is 16.0. The van der Waals surface area contributed by atoms with Crippen LogP contribution in [0.3, 0.4) is 0 Å². The maximum Gasteiger partial charge on any atom is 0.185 e. The fourth-order valence-corrected chi connectivity index (χ4v) is 2.76. The number of likely N-dealkylation sites (N-methyl/N-ethyl adjacent to an activating group) is 1. The van der Waals surface area contributed by atoms with Gasteiger partial charge in [0.2, 0.25) is 0 Å². The SMILES string of the molecule is CN1CCN(c2ccc(CO)cc2-c2ccc(C=O)o2)CC1. The van der Waals surface area contributed by atoms with E-state index in [1.165, 1.54) is 0 Å². The summed E-state index contributed by atoms with van der Waals surface area (Å²) in [6.45, 7) is 3.90. The van der Waals surface area contributed by atoms with Crippen molar-refractivity contribution < 1.29 is 14.3 Å². The highest BCUT2D eigenvalue weighted by atomic mass is 16.3. The van der Waals surface area contributed by atoms with Crippen LogP contribution in [0, 0.1) is 0 Å². The zero-order valence-electron chi connectivity index (χ0n) is 12.7. The van der Waals surface area contributed by atoms with Gasteiger partial charge in [0.1, 0.15) is 5.76 Å². The molecule has 0 radical (unpaired) electrons. The molecular weight excluding hydrogens is 280 g/mol. The van der Waals surface area contributed by atoms with Crippen LogP contribution in [0.5, 0.6) is 0 Å². The number of rotatable bonds is 4. The van der Waals surface area contributed by atoms with E-state index in [-0.39, 0.29) is 6.61 Å². The number of hydrogen-bond donors (Lipinski definition) is 1. The van der Waals surface area contributed by atoms with Crippen molar-refractivity contribution in [3.8, 4) is 11.3 Å². The standard InChI is InChI=1S/C17H20N2O3/c1-18-6-8-19(9-7-18)16-4-2-13(11-20)10-15(16)17-5-3-14(12-21)22-17/h2-5,10,12,20H,6-9,11H2,1H3. The summed E-state index contributed by atoms with van der Waals surface area (Å²) < 4.78 is 5.58. The Morgan fingerprint density at radius 2 is 1.95 bits per heavy atom. The van der Waals surface area contributed by atoms with Crippen molar-refractivity contribution in [1.29, 1.82) is 0 Å². The molecule has 1 N–H and O–H groups in total. The van der Waals surface area contributed by atoms with Crippen molar-refractivity contribution in [2.24, 2.45) is 0 Å². The molecule has 1 saturated heterocycles. The minimum atomic E-state index is -0.0166. The van der Waals surface area contributed by atoms with Crippen LogP contribution in [0.25, 0.3) is 11.3 Å². The molecule has 2 aromatic rings. The lowest BCUT2D eigenvalue weighted by Gasteiger charge is -2.35. The van der Waals surface area contributed by atoms with E-state index in [1.807, 2.05) is 18.2 Å². The maximum atomic E-state index is 10.8. The van der Waals surface area contributed by atoms with Gasteiger partial charge < -0.3 is 19.3 Å². The largest absolute Gasteiger partial charge is 0.453 e. The first-order valence-electron chi connectivity index (χ1n) is 7.44. The van der Waals surface area contributed by atoms with E-state index < -0.39 is 0 Å². The molecule has 22 heavy (non-hydrogen) atoms. The van der Waals surface area contributed by atoms with E-state index in [0.29, 0.717) is 17.8 Å². The molecule has 0 aliphatic carbocycles. The van der Waals surface area contributed by atoms with Gasteiger partial charge in [0.25, 0.3) is 0 Å². The van der Waals surface area contributed by atoms with E-state index in [1.54, 1.807) is 12.1 Å². The summed E-state index contributed by atoms with van der Waals surface area (Å²) in [7, 11) is 2.12. The van der Waals surface area contributed by atoms with Crippen molar-refractivity contribution in [2.75, 3.05) is 38.1 Å². The summed E-state index contributed by atoms with van der Waals surface area (Å²) >= 11 is 0. The van der Waals surface area contributed by atoms with E-state index in [2.05, 4.69) is 16.8 Å². The third kappa shape index (κ3) is 2.91. The monoisotopic (exact) mass is 300 g/mol. The van der Waals surface area contributed by atoms with Gasteiger partial charge in [-0.3, -0.25) is 4.79 Å². The second-order valence-corrected chi connectivity index (χ2v) is 5.62. The van der Waals surface area contributed by atoms with E-state index in [4.69, 9.17) is 4.42 Å². The van der Waals surface area contributed by atoms with Crippen molar-refractivity contribution in [2.45, 2.75) is 6.61 Å². The molecule has 3 rings (SSSR count). The Kier molecular flexibility index (Phi) is 4.27. The fraction of sp³-hybridized carbons (Fsp3) is 0.353. The van der Waals surface area contributed by atoms with Crippen LogP contribution < -0.4 is 4.90 Å². The van der Waals surface area contributed by atoms with Crippen molar-refractivity contribution in [3.63, 3.8) is 0 Å². The number of aliphatic hydroxyl groups excluding tert-OH is 1. The molecule has 1 aromatic carbocycles. The molecule has 1 aliphatic rings. The number of aliphatic hydroxyl groups is 1. The Labute approximate surface area is 129 Å². The number of carbonyl (C=O) groups is 1. The number of benzene rings is 1. The molecule has 1 aromatic heterocycles. The molecule has 0 saturated carbocycles. The Hall–Kier alpha value is -2.11. The van der Waals surface area contributed by atoms with Crippen LogP contribution in [-0.2, 0) is 6.61 Å². The summed E-state index contributed by atoms with van der Waals surface area (Å²) in [6, 6.07) is 9.36. The van der Waals surface area contributed by atoms with Crippen LogP contribution in [0.4, 0.5) is 5.69 Å². The van der Waals surface area contributed by atoms with Crippen LogP contribution in [0.15, 0.2) is 34.7 Å². The topological polar surface area (TPSA) is 56.9 Å². The number of furan rings is 1. The Balaban J connectivity index is 2.00. The van der Waals surface area contributed by atoms with Gasteiger partial charge >= 0.3 is 0 Å². The second-order valence-electron chi connectivity index (χ2n) is 5.62. The van der Waals surface area contributed by atoms with Crippen LogP contribution >= 0.6 is 0 Å². The summed E-state index contributed by atoms with van der Waals surface area (Å²) in [5.41, 5.74) is 2.83. The smallest absolute Gasteiger partial charge is 0.185 e. The molecule has 0 spiro atoms. The molecule has 0 atom stereocenters. The predicted molar refractivity (Wildman–Crippen MR) is 85.2 cm³/mol. The van der Waals surface area contributed by atoms with Gasteiger partial charge in [-0.15, -0.1) is 0 Å². The van der Waals surface area contributed by atoms with E-state index >= 15 is 0 Å². The third-order valence-corrected chi connectivity index (χ3v) is 4.10. The highest BCUT2D eigenvalue weighted by Crippen LogP contribution is 2.33. The molecule has 116 valence electrons. The highest BCUT2D eigenvalue weighted by molar-refractivity contribution is 5.79. The van der Waals surface area contributed by atoms with Gasteiger partial charge in [0, 0.05) is 37.4 Å².